The van der Waals surface area contributed by atoms with Gasteiger partial charge in [-0.05, 0) is 24.6 Å². The Morgan fingerprint density at radius 3 is 2.84 bits per heavy atom. The zero-order valence-electron chi connectivity index (χ0n) is 10.5. The van der Waals surface area contributed by atoms with Crippen LogP contribution >= 0.6 is 31.9 Å². The summed E-state index contributed by atoms with van der Waals surface area (Å²) in [6, 6.07) is 6.02. The first-order chi connectivity index (χ1) is 9.15. The topological polar surface area (TPSA) is 68.8 Å². The second-order valence-corrected chi connectivity index (χ2v) is 5.85. The summed E-state index contributed by atoms with van der Waals surface area (Å²) in [5.41, 5.74) is 3.94. The van der Waals surface area contributed by atoms with Gasteiger partial charge < -0.3 is 0 Å². The number of aromatic nitrogens is 3. The summed E-state index contributed by atoms with van der Waals surface area (Å²) in [6.07, 6.45) is 2.26. The van der Waals surface area contributed by atoms with E-state index in [1.807, 2.05) is 29.8 Å². The third kappa shape index (κ3) is 3.42. The normalized spacial score (nSPS) is 12.6. The lowest BCUT2D eigenvalue weighted by Crippen LogP contribution is -2.30. The molecule has 19 heavy (non-hydrogen) atoms. The molecule has 0 spiro atoms. The molecule has 0 amide bonds. The smallest absolute Gasteiger partial charge is 0.138 e. The average Bonchev–Trinajstić information content (AvgIpc) is 2.84. The van der Waals surface area contributed by atoms with E-state index >= 15 is 0 Å². The fraction of sp³-hybridized carbons (Fsp3) is 0.333. The molecule has 0 fully saturated rings. The van der Waals surface area contributed by atoms with Crippen molar-refractivity contribution >= 4 is 31.9 Å². The summed E-state index contributed by atoms with van der Waals surface area (Å²) in [4.78, 5) is 4.28. The summed E-state index contributed by atoms with van der Waals surface area (Å²) in [6.45, 7) is 2.84. The van der Waals surface area contributed by atoms with Crippen LogP contribution in [0.15, 0.2) is 33.5 Å². The molecule has 1 unspecified atom stereocenters. The average molecular weight is 389 g/mol. The zero-order valence-corrected chi connectivity index (χ0v) is 13.6. The van der Waals surface area contributed by atoms with Crippen molar-refractivity contribution in [3.8, 4) is 0 Å². The first kappa shape index (κ1) is 14.6. The van der Waals surface area contributed by atoms with E-state index in [2.05, 4.69) is 47.4 Å². The highest BCUT2D eigenvalue weighted by Crippen LogP contribution is 2.28. The molecule has 0 saturated heterocycles. The van der Waals surface area contributed by atoms with Crippen molar-refractivity contribution in [2.45, 2.75) is 25.9 Å². The van der Waals surface area contributed by atoms with Gasteiger partial charge in [0.1, 0.15) is 12.2 Å². The number of rotatable bonds is 5. The van der Waals surface area contributed by atoms with E-state index in [1.54, 1.807) is 6.33 Å². The van der Waals surface area contributed by atoms with Crippen LogP contribution in [0.2, 0.25) is 0 Å². The maximum atomic E-state index is 5.68. The molecule has 2 aromatic rings. The standard InChI is InChI=1S/C12H15Br2N5/c1-2-19-12(16-7-17-19)6-11(18-15)9-4-3-8(13)5-10(9)14/h3-5,7,11,18H,2,6,15H2,1H3. The lowest BCUT2D eigenvalue weighted by Gasteiger charge is -2.17. The molecule has 0 aliphatic rings. The van der Waals surface area contributed by atoms with Crippen LogP contribution in [0, 0.1) is 0 Å². The SMILES string of the molecule is CCn1ncnc1CC(NN)c1ccc(Br)cc1Br. The Morgan fingerprint density at radius 2 is 2.21 bits per heavy atom. The van der Waals surface area contributed by atoms with E-state index in [0.29, 0.717) is 6.42 Å². The van der Waals surface area contributed by atoms with Crippen molar-refractivity contribution in [1.82, 2.24) is 20.2 Å². The minimum Gasteiger partial charge on any atom is -0.271 e. The van der Waals surface area contributed by atoms with Gasteiger partial charge in [0.05, 0.1) is 6.04 Å². The van der Waals surface area contributed by atoms with Crippen molar-refractivity contribution < 1.29 is 0 Å². The molecular weight excluding hydrogens is 374 g/mol. The number of benzene rings is 1. The van der Waals surface area contributed by atoms with Crippen molar-refractivity contribution in [3.63, 3.8) is 0 Å². The molecular formula is C12H15Br2N5. The number of halogens is 2. The predicted octanol–water partition coefficient (Wildman–Crippen LogP) is 2.57. The Kier molecular flexibility index (Phi) is 5.09. The summed E-state index contributed by atoms with van der Waals surface area (Å²) in [7, 11) is 0. The summed E-state index contributed by atoms with van der Waals surface area (Å²) in [5, 5.41) is 4.17. The minimum atomic E-state index is -0.0167. The second kappa shape index (κ2) is 6.60. The fourth-order valence-electron chi connectivity index (χ4n) is 1.94. The molecule has 1 heterocycles. The first-order valence-corrected chi connectivity index (χ1v) is 7.52. The molecule has 0 radical (unpaired) electrons. The van der Waals surface area contributed by atoms with Crippen LogP contribution in [0.4, 0.5) is 0 Å². The minimum absolute atomic E-state index is 0.0167. The highest BCUT2D eigenvalue weighted by molar-refractivity contribution is 9.11. The number of nitrogens with one attached hydrogen (secondary N) is 1. The number of nitrogens with zero attached hydrogens (tertiary/aromatic N) is 3. The highest BCUT2D eigenvalue weighted by atomic mass is 79.9. The number of hydrazine groups is 1. The fourth-order valence-corrected chi connectivity index (χ4v) is 3.26. The van der Waals surface area contributed by atoms with Crippen LogP contribution in [0.3, 0.4) is 0 Å². The molecule has 0 saturated carbocycles. The third-order valence-corrected chi connectivity index (χ3v) is 4.10. The van der Waals surface area contributed by atoms with Crippen molar-refractivity contribution in [2.24, 2.45) is 5.84 Å². The van der Waals surface area contributed by atoms with Crippen LogP contribution in [0.5, 0.6) is 0 Å². The van der Waals surface area contributed by atoms with Crippen LogP contribution in [0.25, 0.3) is 0 Å². The number of hydrogen-bond donors (Lipinski definition) is 2. The van der Waals surface area contributed by atoms with Gasteiger partial charge in [0.25, 0.3) is 0 Å². The number of nitrogens with two attached hydrogens (primary N) is 1. The Balaban J connectivity index is 2.25. The molecule has 1 atom stereocenters. The van der Waals surface area contributed by atoms with Gasteiger partial charge >= 0.3 is 0 Å². The van der Waals surface area contributed by atoms with Gasteiger partial charge in [-0.2, -0.15) is 5.10 Å². The second-order valence-electron chi connectivity index (χ2n) is 4.08. The monoisotopic (exact) mass is 387 g/mol. The van der Waals surface area contributed by atoms with Gasteiger partial charge in [-0.3, -0.25) is 16.0 Å². The van der Waals surface area contributed by atoms with Crippen molar-refractivity contribution in [2.75, 3.05) is 0 Å². The lowest BCUT2D eigenvalue weighted by molar-refractivity contribution is 0.509. The van der Waals surface area contributed by atoms with Gasteiger partial charge in [0.2, 0.25) is 0 Å². The van der Waals surface area contributed by atoms with Gasteiger partial charge in [-0.15, -0.1) is 0 Å². The number of aryl methyl sites for hydroxylation is 1. The van der Waals surface area contributed by atoms with Crippen molar-refractivity contribution in [1.29, 1.82) is 0 Å². The molecule has 102 valence electrons. The Hall–Kier alpha value is -0.760. The quantitative estimate of drug-likeness (QED) is 0.610. The Bertz CT molecular complexity index is 555. The van der Waals surface area contributed by atoms with Crippen LogP contribution in [-0.4, -0.2) is 14.8 Å². The maximum Gasteiger partial charge on any atom is 0.138 e. The molecule has 3 N–H and O–H groups in total. The molecule has 7 heteroatoms. The summed E-state index contributed by atoms with van der Waals surface area (Å²) < 4.78 is 3.90. The predicted molar refractivity (Wildman–Crippen MR) is 81.3 cm³/mol. The Labute approximate surface area is 128 Å². The first-order valence-electron chi connectivity index (χ1n) is 5.93. The molecule has 0 aliphatic carbocycles. The van der Waals surface area contributed by atoms with E-state index in [-0.39, 0.29) is 6.04 Å². The largest absolute Gasteiger partial charge is 0.271 e. The van der Waals surface area contributed by atoms with Crippen molar-refractivity contribution in [3.05, 3.63) is 44.9 Å². The molecule has 5 nitrogen and oxygen atoms in total. The summed E-state index contributed by atoms with van der Waals surface area (Å²) in [5.74, 6) is 6.60. The molecule has 1 aromatic carbocycles. The molecule has 0 bridgehead atoms. The number of hydrogen-bond acceptors (Lipinski definition) is 4. The van der Waals surface area contributed by atoms with E-state index in [4.69, 9.17) is 5.84 Å². The van der Waals surface area contributed by atoms with Gasteiger partial charge in [-0.25, -0.2) is 4.98 Å². The summed E-state index contributed by atoms with van der Waals surface area (Å²) >= 11 is 7.00. The zero-order chi connectivity index (χ0) is 13.8. The third-order valence-electron chi connectivity index (χ3n) is 2.92. The van der Waals surface area contributed by atoms with E-state index in [0.717, 1.165) is 26.9 Å². The van der Waals surface area contributed by atoms with E-state index in [1.165, 1.54) is 0 Å². The van der Waals surface area contributed by atoms with Crippen LogP contribution in [0.1, 0.15) is 24.4 Å². The van der Waals surface area contributed by atoms with Crippen LogP contribution < -0.4 is 11.3 Å². The molecule has 1 aromatic heterocycles. The highest BCUT2D eigenvalue weighted by Gasteiger charge is 2.16. The van der Waals surface area contributed by atoms with Gasteiger partial charge in [-0.1, -0.05) is 37.9 Å². The van der Waals surface area contributed by atoms with Gasteiger partial charge in [0, 0.05) is 21.9 Å². The molecule has 2 rings (SSSR count). The Morgan fingerprint density at radius 1 is 1.42 bits per heavy atom. The van der Waals surface area contributed by atoms with Gasteiger partial charge in [0.15, 0.2) is 0 Å². The maximum absolute atomic E-state index is 5.68. The molecule has 0 aliphatic heterocycles. The van der Waals surface area contributed by atoms with E-state index in [9.17, 15) is 0 Å². The van der Waals surface area contributed by atoms with Crippen LogP contribution in [-0.2, 0) is 13.0 Å². The lowest BCUT2D eigenvalue weighted by atomic mass is 10.0. The van der Waals surface area contributed by atoms with E-state index < -0.39 is 0 Å².